The molecule has 6 nitrogen and oxygen atoms in total. The van der Waals surface area contributed by atoms with Crippen molar-refractivity contribution in [3.05, 3.63) is 62.1 Å². The fourth-order valence-electron chi connectivity index (χ4n) is 2.23. The van der Waals surface area contributed by atoms with Gasteiger partial charge in [0.05, 0.1) is 5.39 Å². The van der Waals surface area contributed by atoms with Crippen LogP contribution in [0.15, 0.2) is 50.2 Å². The summed E-state index contributed by atoms with van der Waals surface area (Å²) in [5.74, 6) is 0. The predicted molar refractivity (Wildman–Crippen MR) is 95.1 cm³/mol. The van der Waals surface area contributed by atoms with Crippen LogP contribution < -0.4 is 11.2 Å². The number of thioether (sulfide) groups is 1. The third kappa shape index (κ3) is 2.90. The molecule has 0 atom stereocenters. The average Bonchev–Trinajstić information content (AvgIpc) is 3.08. The van der Waals surface area contributed by atoms with Crippen molar-refractivity contribution in [1.29, 1.82) is 0 Å². The fraction of sp³-hybridized carbons (Fsp3) is 0.188. The van der Waals surface area contributed by atoms with Gasteiger partial charge in [0.25, 0.3) is 5.56 Å². The van der Waals surface area contributed by atoms with Crippen molar-refractivity contribution in [3.63, 3.8) is 0 Å². The van der Waals surface area contributed by atoms with Gasteiger partial charge < -0.3 is 4.74 Å². The molecule has 3 rings (SSSR count). The summed E-state index contributed by atoms with van der Waals surface area (Å²) in [6, 6.07) is 9.19. The Morgan fingerprint density at radius 3 is 2.58 bits per heavy atom. The molecule has 0 spiro atoms. The zero-order valence-corrected chi connectivity index (χ0v) is 14.6. The lowest BCUT2D eigenvalue weighted by molar-refractivity contribution is 0.141. The summed E-state index contributed by atoms with van der Waals surface area (Å²) in [5.41, 5.74) is -0.313. The van der Waals surface area contributed by atoms with Crippen LogP contribution in [0.25, 0.3) is 10.2 Å². The van der Waals surface area contributed by atoms with E-state index in [-0.39, 0.29) is 6.61 Å². The molecule has 0 unspecified atom stereocenters. The Kier molecular flexibility index (Phi) is 4.59. The zero-order valence-electron chi connectivity index (χ0n) is 13.0. The van der Waals surface area contributed by atoms with Gasteiger partial charge in [-0.25, -0.2) is 9.59 Å². The number of nitrogens with zero attached hydrogens (tertiary/aromatic N) is 2. The Bertz CT molecular complexity index is 1020. The number of ether oxygens (including phenoxy) is 1. The van der Waals surface area contributed by atoms with Crippen LogP contribution in [-0.4, -0.2) is 21.5 Å². The van der Waals surface area contributed by atoms with Crippen molar-refractivity contribution >= 4 is 39.4 Å². The van der Waals surface area contributed by atoms with Gasteiger partial charge in [-0.05, 0) is 35.4 Å². The topological polar surface area (TPSA) is 70.3 Å². The van der Waals surface area contributed by atoms with Gasteiger partial charge in [0.2, 0.25) is 0 Å². The minimum absolute atomic E-state index is 0.0512. The largest absolute Gasteiger partial charge is 0.444 e. The number of rotatable bonds is 3. The second-order valence-corrected chi connectivity index (χ2v) is 6.80. The van der Waals surface area contributed by atoms with Gasteiger partial charge in [-0.2, -0.15) is 4.57 Å². The minimum Gasteiger partial charge on any atom is -0.444 e. The first-order valence-corrected chi connectivity index (χ1v) is 9.12. The molecule has 0 aliphatic heterocycles. The van der Waals surface area contributed by atoms with Crippen LogP contribution in [0.3, 0.4) is 0 Å². The third-order valence-corrected chi connectivity index (χ3v) is 5.21. The van der Waals surface area contributed by atoms with Gasteiger partial charge in [0, 0.05) is 11.9 Å². The van der Waals surface area contributed by atoms with Crippen LogP contribution in [0, 0.1) is 0 Å². The predicted octanol–water partition coefficient (Wildman–Crippen LogP) is 2.67. The molecule has 1 aromatic carbocycles. The zero-order chi connectivity index (χ0) is 17.3. The molecule has 0 saturated heterocycles. The lowest BCUT2D eigenvalue weighted by Gasteiger charge is -2.09. The number of aromatic nitrogens is 2. The molecule has 0 fully saturated rings. The number of hydrogen-bond acceptors (Lipinski definition) is 6. The highest BCUT2D eigenvalue weighted by atomic mass is 32.2. The highest BCUT2D eigenvalue weighted by Gasteiger charge is 2.18. The number of carbonyl (C=O) groups excluding carboxylic acids is 1. The van der Waals surface area contributed by atoms with Crippen LogP contribution in [0.4, 0.5) is 4.79 Å². The summed E-state index contributed by atoms with van der Waals surface area (Å²) in [4.78, 5) is 38.1. The molecule has 0 saturated carbocycles. The first kappa shape index (κ1) is 16.5. The van der Waals surface area contributed by atoms with E-state index in [4.69, 9.17) is 4.74 Å². The number of benzene rings is 1. The normalized spacial score (nSPS) is 10.9. The number of carbonyl (C=O) groups is 1. The Morgan fingerprint density at radius 1 is 1.21 bits per heavy atom. The summed E-state index contributed by atoms with van der Waals surface area (Å²) >= 11 is 2.77. The summed E-state index contributed by atoms with van der Waals surface area (Å²) < 4.78 is 7.06. The molecule has 124 valence electrons. The van der Waals surface area contributed by atoms with E-state index in [0.717, 1.165) is 30.9 Å². The third-order valence-electron chi connectivity index (χ3n) is 3.57. The van der Waals surface area contributed by atoms with E-state index >= 15 is 0 Å². The summed E-state index contributed by atoms with van der Waals surface area (Å²) in [5, 5.41) is 1.99. The van der Waals surface area contributed by atoms with Crippen LogP contribution >= 0.6 is 23.1 Å². The first-order chi connectivity index (χ1) is 11.5. The fourth-order valence-corrected chi connectivity index (χ4v) is 3.52. The quantitative estimate of drug-likeness (QED) is 0.670. The minimum atomic E-state index is -0.794. The van der Waals surface area contributed by atoms with Crippen LogP contribution in [-0.2, 0) is 18.4 Å². The van der Waals surface area contributed by atoms with Crippen molar-refractivity contribution < 1.29 is 9.53 Å². The maximum atomic E-state index is 12.4. The lowest BCUT2D eigenvalue weighted by atomic mass is 10.2. The summed E-state index contributed by atoms with van der Waals surface area (Å²) in [7, 11) is 1.34. The van der Waals surface area contributed by atoms with E-state index in [0.29, 0.717) is 10.2 Å². The van der Waals surface area contributed by atoms with Gasteiger partial charge in [-0.3, -0.25) is 9.36 Å². The molecule has 0 aliphatic carbocycles. The average molecular weight is 362 g/mol. The SMILES string of the molecule is CSc1ccc(COC(=O)n2c(=O)n(C)c(=O)c3ccsc32)cc1. The standard InChI is InChI=1S/C16H14N2O4S2/c1-17-13(19)12-7-8-24-14(12)18(15(17)20)16(21)22-9-10-3-5-11(23-2)6-4-10/h3-8H,9H2,1-2H3. The van der Waals surface area contributed by atoms with Gasteiger partial charge in [-0.1, -0.05) is 12.1 Å². The molecule has 0 amide bonds. The van der Waals surface area contributed by atoms with Crippen molar-refractivity contribution in [3.8, 4) is 0 Å². The highest BCUT2D eigenvalue weighted by Crippen LogP contribution is 2.17. The Labute approximate surface area is 145 Å². The van der Waals surface area contributed by atoms with Gasteiger partial charge >= 0.3 is 11.8 Å². The van der Waals surface area contributed by atoms with Gasteiger partial charge in [0.15, 0.2) is 0 Å². The molecule has 0 N–H and O–H groups in total. The van der Waals surface area contributed by atoms with E-state index in [1.54, 1.807) is 23.2 Å². The van der Waals surface area contributed by atoms with Crippen LogP contribution in [0.1, 0.15) is 5.56 Å². The molecule has 0 aliphatic rings. The maximum Gasteiger partial charge on any atom is 0.423 e. The smallest absolute Gasteiger partial charge is 0.423 e. The van der Waals surface area contributed by atoms with Crippen molar-refractivity contribution in [2.45, 2.75) is 11.5 Å². The lowest BCUT2D eigenvalue weighted by Crippen LogP contribution is -2.40. The molecule has 24 heavy (non-hydrogen) atoms. The summed E-state index contributed by atoms with van der Waals surface area (Å²) in [6.45, 7) is 0.0512. The molecule has 8 heteroatoms. The number of thiophene rings is 1. The highest BCUT2D eigenvalue weighted by molar-refractivity contribution is 7.98. The molecular formula is C16H14N2O4S2. The van der Waals surface area contributed by atoms with Gasteiger partial charge in [0.1, 0.15) is 11.4 Å². The van der Waals surface area contributed by atoms with Gasteiger partial charge in [-0.15, -0.1) is 23.1 Å². The Morgan fingerprint density at radius 2 is 1.92 bits per heavy atom. The van der Waals surface area contributed by atoms with E-state index in [9.17, 15) is 14.4 Å². The monoisotopic (exact) mass is 362 g/mol. The van der Waals surface area contributed by atoms with Crippen LogP contribution in [0.5, 0.6) is 0 Å². The molecule has 0 bridgehead atoms. The molecule has 2 aromatic heterocycles. The van der Waals surface area contributed by atoms with Crippen molar-refractivity contribution in [2.75, 3.05) is 6.26 Å². The first-order valence-electron chi connectivity index (χ1n) is 7.02. The van der Waals surface area contributed by atoms with Crippen LogP contribution in [0.2, 0.25) is 0 Å². The van der Waals surface area contributed by atoms with E-state index in [1.807, 2.05) is 30.5 Å². The second-order valence-electron chi connectivity index (χ2n) is 5.02. The second kappa shape index (κ2) is 6.66. The van der Waals surface area contributed by atoms with E-state index in [1.165, 1.54) is 7.05 Å². The van der Waals surface area contributed by atoms with E-state index < -0.39 is 17.3 Å². The van der Waals surface area contributed by atoms with E-state index in [2.05, 4.69) is 0 Å². The molecule has 0 radical (unpaired) electrons. The number of fused-ring (bicyclic) bond motifs is 1. The number of hydrogen-bond donors (Lipinski definition) is 0. The molecule has 2 heterocycles. The maximum absolute atomic E-state index is 12.4. The molecular weight excluding hydrogens is 348 g/mol. The Balaban J connectivity index is 1.90. The summed E-state index contributed by atoms with van der Waals surface area (Å²) in [6.07, 6.45) is 1.19. The van der Waals surface area contributed by atoms with Crippen molar-refractivity contribution in [2.24, 2.45) is 7.05 Å². The van der Waals surface area contributed by atoms with Crippen molar-refractivity contribution in [1.82, 2.24) is 9.13 Å². The Hall–Kier alpha value is -2.32. The molecule has 3 aromatic rings.